The van der Waals surface area contributed by atoms with Gasteiger partial charge in [0, 0.05) is 45.9 Å². The Labute approximate surface area is 132 Å². The van der Waals surface area contributed by atoms with Gasteiger partial charge >= 0.3 is 6.03 Å². The average Bonchev–Trinajstić information content (AvgIpc) is 3.07. The number of ether oxygens (including phenoxy) is 1. The van der Waals surface area contributed by atoms with Gasteiger partial charge in [-0.3, -0.25) is 4.90 Å². The molecule has 5 nitrogen and oxygen atoms in total. The minimum atomic E-state index is 0.0422. The minimum absolute atomic E-state index is 0.0422. The van der Waals surface area contributed by atoms with Crippen molar-refractivity contribution < 1.29 is 9.53 Å². The summed E-state index contributed by atoms with van der Waals surface area (Å²) in [7, 11) is 0. The van der Waals surface area contributed by atoms with Gasteiger partial charge in [0.1, 0.15) is 0 Å². The third kappa shape index (κ3) is 4.21. The average molecular weight is 303 g/mol. The van der Waals surface area contributed by atoms with E-state index in [1.165, 1.54) is 12.8 Å². The van der Waals surface area contributed by atoms with E-state index in [2.05, 4.69) is 10.2 Å². The molecule has 0 unspecified atom stereocenters. The Hall–Kier alpha value is -1.59. The molecule has 22 heavy (non-hydrogen) atoms. The van der Waals surface area contributed by atoms with Crippen LogP contribution in [0.5, 0.6) is 0 Å². The fourth-order valence-corrected chi connectivity index (χ4v) is 3.10. The van der Waals surface area contributed by atoms with Crippen LogP contribution in [0, 0.1) is 0 Å². The van der Waals surface area contributed by atoms with Crippen LogP contribution >= 0.6 is 0 Å². The molecule has 2 aliphatic rings. The van der Waals surface area contributed by atoms with Gasteiger partial charge in [-0.1, -0.05) is 30.3 Å². The summed E-state index contributed by atoms with van der Waals surface area (Å²) in [6.07, 6.45) is 2.77. The van der Waals surface area contributed by atoms with Crippen molar-refractivity contribution >= 4 is 6.03 Å². The van der Waals surface area contributed by atoms with Crippen molar-refractivity contribution in [2.45, 2.75) is 25.5 Å². The second-order valence-electron chi connectivity index (χ2n) is 6.07. The highest BCUT2D eigenvalue weighted by molar-refractivity contribution is 5.74. The molecule has 0 aromatic heterocycles. The molecule has 1 aromatic rings. The fourth-order valence-electron chi connectivity index (χ4n) is 3.10. The smallest absolute Gasteiger partial charge is 0.317 e. The summed E-state index contributed by atoms with van der Waals surface area (Å²) < 4.78 is 5.68. The molecule has 2 aliphatic heterocycles. The van der Waals surface area contributed by atoms with E-state index in [9.17, 15) is 4.79 Å². The molecular weight excluding hydrogens is 278 g/mol. The lowest BCUT2D eigenvalue weighted by molar-refractivity contribution is 0.0561. The summed E-state index contributed by atoms with van der Waals surface area (Å²) in [4.78, 5) is 16.5. The van der Waals surface area contributed by atoms with Crippen LogP contribution in [0.1, 0.15) is 18.4 Å². The van der Waals surface area contributed by atoms with Gasteiger partial charge in [0.15, 0.2) is 0 Å². The molecule has 0 spiro atoms. The van der Waals surface area contributed by atoms with Gasteiger partial charge in [-0.15, -0.1) is 0 Å². The molecule has 2 saturated heterocycles. The second kappa shape index (κ2) is 7.61. The Morgan fingerprint density at radius 3 is 2.64 bits per heavy atom. The lowest BCUT2D eigenvalue weighted by Crippen LogP contribution is -2.52. The number of benzene rings is 1. The van der Waals surface area contributed by atoms with E-state index in [4.69, 9.17) is 4.74 Å². The van der Waals surface area contributed by atoms with Crippen LogP contribution in [0.25, 0.3) is 0 Å². The molecule has 0 saturated carbocycles. The zero-order chi connectivity index (χ0) is 15.2. The van der Waals surface area contributed by atoms with Crippen molar-refractivity contribution in [2.24, 2.45) is 0 Å². The summed E-state index contributed by atoms with van der Waals surface area (Å²) in [6, 6.07) is 10.1. The predicted molar refractivity (Wildman–Crippen MR) is 85.7 cm³/mol. The van der Waals surface area contributed by atoms with Gasteiger partial charge in [0.05, 0.1) is 6.10 Å². The number of hydrogen-bond donors (Lipinski definition) is 1. The number of piperazine rings is 1. The van der Waals surface area contributed by atoms with Gasteiger partial charge in [0.2, 0.25) is 0 Å². The summed E-state index contributed by atoms with van der Waals surface area (Å²) >= 11 is 0. The van der Waals surface area contributed by atoms with E-state index in [0.717, 1.165) is 44.9 Å². The lowest BCUT2D eigenvalue weighted by atomic mass is 10.2. The third-order valence-corrected chi connectivity index (χ3v) is 4.43. The number of hydrogen-bond acceptors (Lipinski definition) is 3. The lowest BCUT2D eigenvalue weighted by Gasteiger charge is -2.35. The van der Waals surface area contributed by atoms with E-state index < -0.39 is 0 Å². The van der Waals surface area contributed by atoms with Gasteiger partial charge in [-0.2, -0.15) is 0 Å². The van der Waals surface area contributed by atoms with Gasteiger partial charge in [-0.05, 0) is 18.4 Å². The first kappa shape index (κ1) is 15.3. The molecule has 120 valence electrons. The van der Waals surface area contributed by atoms with Crippen LogP contribution in [0.15, 0.2) is 30.3 Å². The molecule has 0 radical (unpaired) electrons. The first-order valence-electron chi connectivity index (χ1n) is 8.22. The summed E-state index contributed by atoms with van der Waals surface area (Å²) in [5, 5.41) is 3.00. The molecule has 1 aromatic carbocycles. The fraction of sp³-hybridized carbons (Fsp3) is 0.588. The van der Waals surface area contributed by atoms with Crippen LogP contribution < -0.4 is 5.32 Å². The zero-order valence-electron chi connectivity index (χ0n) is 13.0. The molecular formula is C17H25N3O2. The van der Waals surface area contributed by atoms with Crippen molar-refractivity contribution in [3.63, 3.8) is 0 Å². The summed E-state index contributed by atoms with van der Waals surface area (Å²) in [6.45, 7) is 6.00. The molecule has 3 rings (SSSR count). The quantitative estimate of drug-likeness (QED) is 0.921. The third-order valence-electron chi connectivity index (χ3n) is 4.43. The van der Waals surface area contributed by atoms with Crippen molar-refractivity contribution in [1.29, 1.82) is 0 Å². The highest BCUT2D eigenvalue weighted by Crippen LogP contribution is 2.14. The zero-order valence-corrected chi connectivity index (χ0v) is 13.0. The van der Waals surface area contributed by atoms with E-state index in [-0.39, 0.29) is 6.03 Å². The second-order valence-corrected chi connectivity index (χ2v) is 6.07. The van der Waals surface area contributed by atoms with Crippen molar-refractivity contribution in [3.05, 3.63) is 35.9 Å². The maximum Gasteiger partial charge on any atom is 0.317 e. The molecule has 2 fully saturated rings. The normalized spacial score (nSPS) is 22.7. The molecule has 2 heterocycles. The van der Waals surface area contributed by atoms with Gasteiger partial charge in [0.25, 0.3) is 0 Å². The molecule has 0 bridgehead atoms. The first-order valence-corrected chi connectivity index (χ1v) is 8.22. The number of carbonyl (C=O) groups excluding carboxylic acids is 1. The largest absolute Gasteiger partial charge is 0.377 e. The van der Waals surface area contributed by atoms with Crippen molar-refractivity contribution in [2.75, 3.05) is 39.3 Å². The summed E-state index contributed by atoms with van der Waals surface area (Å²) in [5.74, 6) is 0. The Bertz CT molecular complexity index is 466. The predicted octanol–water partition coefficient (Wildman–Crippen LogP) is 1.69. The topological polar surface area (TPSA) is 44.8 Å². The van der Waals surface area contributed by atoms with Crippen LogP contribution in [-0.2, 0) is 11.3 Å². The first-order chi connectivity index (χ1) is 10.8. The van der Waals surface area contributed by atoms with E-state index in [1.807, 2.05) is 35.2 Å². The van der Waals surface area contributed by atoms with Crippen LogP contribution in [-0.4, -0.2) is 61.3 Å². The van der Waals surface area contributed by atoms with E-state index in [1.54, 1.807) is 0 Å². The highest BCUT2D eigenvalue weighted by Gasteiger charge is 2.24. The SMILES string of the molecule is O=C(NCc1ccccc1)N1CCN(C[C@H]2CCCO2)CC1. The van der Waals surface area contributed by atoms with Crippen LogP contribution in [0.4, 0.5) is 4.79 Å². The number of nitrogens with one attached hydrogen (secondary N) is 1. The van der Waals surface area contributed by atoms with Gasteiger partial charge in [-0.25, -0.2) is 4.79 Å². The molecule has 0 aliphatic carbocycles. The Kier molecular flexibility index (Phi) is 5.29. The molecule has 2 amide bonds. The molecule has 1 atom stereocenters. The Morgan fingerprint density at radius 1 is 1.18 bits per heavy atom. The Morgan fingerprint density at radius 2 is 1.95 bits per heavy atom. The van der Waals surface area contributed by atoms with Crippen LogP contribution in [0.3, 0.4) is 0 Å². The number of carbonyl (C=O) groups is 1. The van der Waals surface area contributed by atoms with Crippen molar-refractivity contribution in [1.82, 2.24) is 15.1 Å². The van der Waals surface area contributed by atoms with E-state index in [0.29, 0.717) is 12.6 Å². The van der Waals surface area contributed by atoms with Crippen LogP contribution in [0.2, 0.25) is 0 Å². The standard InChI is InChI=1S/C17H25N3O2/c21-17(18-13-15-5-2-1-3-6-15)20-10-8-19(9-11-20)14-16-7-4-12-22-16/h1-3,5-6,16H,4,7-14H2,(H,18,21)/t16-/m1/s1. The maximum atomic E-state index is 12.2. The number of urea groups is 1. The number of amides is 2. The minimum Gasteiger partial charge on any atom is -0.377 e. The maximum absolute atomic E-state index is 12.2. The molecule has 5 heteroatoms. The van der Waals surface area contributed by atoms with E-state index >= 15 is 0 Å². The monoisotopic (exact) mass is 303 g/mol. The number of rotatable bonds is 4. The highest BCUT2D eigenvalue weighted by atomic mass is 16.5. The molecule has 1 N–H and O–H groups in total. The van der Waals surface area contributed by atoms with Crippen molar-refractivity contribution in [3.8, 4) is 0 Å². The summed E-state index contributed by atoms with van der Waals surface area (Å²) in [5.41, 5.74) is 1.13. The van der Waals surface area contributed by atoms with Gasteiger partial charge < -0.3 is 15.0 Å². The Balaban J connectivity index is 1.38. The number of nitrogens with zero attached hydrogens (tertiary/aromatic N) is 2.